The first-order valence-electron chi connectivity index (χ1n) is 7.01. The SMILES string of the molecule is Cc1cc(C)c(C(=O)NCc2cccc(CBr)c2)c(C)c1. The summed E-state index contributed by atoms with van der Waals surface area (Å²) < 4.78 is 0. The number of hydrogen-bond acceptors (Lipinski definition) is 1. The Hall–Kier alpha value is -1.61. The molecule has 110 valence electrons. The maximum atomic E-state index is 12.4. The van der Waals surface area contributed by atoms with Gasteiger partial charge < -0.3 is 5.32 Å². The number of hydrogen-bond donors (Lipinski definition) is 1. The number of alkyl halides is 1. The highest BCUT2D eigenvalue weighted by atomic mass is 79.9. The van der Waals surface area contributed by atoms with Gasteiger partial charge in [-0.3, -0.25) is 4.79 Å². The van der Waals surface area contributed by atoms with Crippen molar-refractivity contribution in [1.82, 2.24) is 5.32 Å². The van der Waals surface area contributed by atoms with E-state index in [9.17, 15) is 4.79 Å². The van der Waals surface area contributed by atoms with Gasteiger partial charge in [0.25, 0.3) is 5.91 Å². The standard InChI is InChI=1S/C18H20BrNO/c1-12-7-13(2)17(14(3)8-12)18(21)20-11-16-6-4-5-15(9-16)10-19/h4-9H,10-11H2,1-3H3,(H,20,21). The number of halogens is 1. The van der Waals surface area contributed by atoms with Gasteiger partial charge in [-0.05, 0) is 43.0 Å². The van der Waals surface area contributed by atoms with Crippen molar-refractivity contribution in [3.8, 4) is 0 Å². The van der Waals surface area contributed by atoms with Gasteiger partial charge in [0.1, 0.15) is 0 Å². The Morgan fingerprint density at radius 3 is 2.29 bits per heavy atom. The minimum Gasteiger partial charge on any atom is -0.348 e. The third-order valence-electron chi connectivity index (χ3n) is 3.50. The maximum absolute atomic E-state index is 12.4. The van der Waals surface area contributed by atoms with Crippen molar-refractivity contribution in [3.63, 3.8) is 0 Å². The lowest BCUT2D eigenvalue weighted by atomic mass is 9.99. The van der Waals surface area contributed by atoms with Crippen LogP contribution in [0.2, 0.25) is 0 Å². The topological polar surface area (TPSA) is 29.1 Å². The molecule has 2 rings (SSSR count). The van der Waals surface area contributed by atoms with Crippen LogP contribution in [0.5, 0.6) is 0 Å². The molecule has 0 saturated heterocycles. The summed E-state index contributed by atoms with van der Waals surface area (Å²) in [5.74, 6) is -0.00533. The average molecular weight is 346 g/mol. The van der Waals surface area contributed by atoms with Crippen LogP contribution in [-0.2, 0) is 11.9 Å². The van der Waals surface area contributed by atoms with E-state index in [0.717, 1.165) is 27.6 Å². The predicted molar refractivity (Wildman–Crippen MR) is 90.9 cm³/mol. The molecule has 0 aliphatic carbocycles. The minimum absolute atomic E-state index is 0.00533. The largest absolute Gasteiger partial charge is 0.348 e. The number of nitrogens with one attached hydrogen (secondary N) is 1. The van der Waals surface area contributed by atoms with E-state index in [0.29, 0.717) is 6.54 Å². The summed E-state index contributed by atoms with van der Waals surface area (Å²) in [6, 6.07) is 12.3. The second-order valence-corrected chi connectivity index (χ2v) is 5.97. The second kappa shape index (κ2) is 6.90. The first kappa shape index (κ1) is 15.8. The molecule has 0 saturated carbocycles. The van der Waals surface area contributed by atoms with Gasteiger partial charge in [0.2, 0.25) is 0 Å². The van der Waals surface area contributed by atoms with Gasteiger partial charge in [-0.2, -0.15) is 0 Å². The van der Waals surface area contributed by atoms with E-state index < -0.39 is 0 Å². The van der Waals surface area contributed by atoms with Crippen LogP contribution in [-0.4, -0.2) is 5.91 Å². The Morgan fingerprint density at radius 2 is 1.67 bits per heavy atom. The smallest absolute Gasteiger partial charge is 0.252 e. The molecule has 0 bridgehead atoms. The highest BCUT2D eigenvalue weighted by Gasteiger charge is 2.12. The third-order valence-corrected chi connectivity index (χ3v) is 4.15. The third kappa shape index (κ3) is 3.94. The van der Waals surface area contributed by atoms with Crippen molar-refractivity contribution in [2.45, 2.75) is 32.6 Å². The van der Waals surface area contributed by atoms with Crippen LogP contribution in [0.1, 0.15) is 38.2 Å². The number of benzene rings is 2. The molecule has 0 aliphatic heterocycles. The average Bonchev–Trinajstić information content (AvgIpc) is 2.44. The fourth-order valence-corrected chi connectivity index (χ4v) is 2.98. The number of carbonyl (C=O) groups is 1. The molecule has 0 aromatic heterocycles. The predicted octanol–water partition coefficient (Wildman–Crippen LogP) is 4.44. The molecule has 0 atom stereocenters. The lowest BCUT2D eigenvalue weighted by Gasteiger charge is -2.12. The van der Waals surface area contributed by atoms with Crippen LogP contribution in [0.3, 0.4) is 0 Å². The van der Waals surface area contributed by atoms with Crippen molar-refractivity contribution in [2.24, 2.45) is 0 Å². The zero-order chi connectivity index (χ0) is 15.4. The molecule has 2 aromatic carbocycles. The van der Waals surface area contributed by atoms with E-state index in [-0.39, 0.29) is 5.91 Å². The first-order chi connectivity index (χ1) is 10.0. The molecule has 0 heterocycles. The van der Waals surface area contributed by atoms with E-state index in [1.807, 2.05) is 45.0 Å². The molecule has 0 spiro atoms. The van der Waals surface area contributed by atoms with Gasteiger partial charge in [-0.15, -0.1) is 0 Å². The second-order valence-electron chi connectivity index (χ2n) is 5.41. The normalized spacial score (nSPS) is 10.5. The van der Waals surface area contributed by atoms with E-state index >= 15 is 0 Å². The van der Waals surface area contributed by atoms with E-state index in [1.54, 1.807) is 0 Å². The molecule has 2 nitrogen and oxygen atoms in total. The highest BCUT2D eigenvalue weighted by molar-refractivity contribution is 9.08. The van der Waals surface area contributed by atoms with Crippen molar-refractivity contribution in [2.75, 3.05) is 0 Å². The van der Waals surface area contributed by atoms with Gasteiger partial charge >= 0.3 is 0 Å². The van der Waals surface area contributed by atoms with Crippen LogP contribution in [0.4, 0.5) is 0 Å². The van der Waals surface area contributed by atoms with Crippen molar-refractivity contribution in [3.05, 3.63) is 69.8 Å². The summed E-state index contributed by atoms with van der Waals surface area (Å²) in [5, 5.41) is 3.84. The Balaban J connectivity index is 2.12. The van der Waals surface area contributed by atoms with Gasteiger partial charge in [0.15, 0.2) is 0 Å². The van der Waals surface area contributed by atoms with Gasteiger partial charge in [0.05, 0.1) is 0 Å². The van der Waals surface area contributed by atoms with Gasteiger partial charge in [-0.25, -0.2) is 0 Å². The molecule has 1 N–H and O–H groups in total. The maximum Gasteiger partial charge on any atom is 0.252 e. The fourth-order valence-electron chi connectivity index (χ4n) is 2.63. The summed E-state index contributed by atoms with van der Waals surface area (Å²) in [5.41, 5.74) is 6.36. The fraction of sp³-hybridized carbons (Fsp3) is 0.278. The molecule has 0 fully saturated rings. The first-order valence-corrected chi connectivity index (χ1v) is 8.13. The number of amides is 1. The number of carbonyl (C=O) groups excluding carboxylic acids is 1. The molecule has 0 radical (unpaired) electrons. The van der Waals surface area contributed by atoms with Crippen molar-refractivity contribution < 1.29 is 4.79 Å². The molecule has 2 aromatic rings. The molecule has 3 heteroatoms. The van der Waals surface area contributed by atoms with Crippen molar-refractivity contribution in [1.29, 1.82) is 0 Å². The summed E-state index contributed by atoms with van der Waals surface area (Å²) in [6.45, 7) is 6.57. The molecular weight excluding hydrogens is 326 g/mol. The van der Waals surface area contributed by atoms with Crippen LogP contribution in [0.15, 0.2) is 36.4 Å². The van der Waals surface area contributed by atoms with E-state index in [4.69, 9.17) is 0 Å². The Labute approximate surface area is 134 Å². The zero-order valence-corrected chi connectivity index (χ0v) is 14.3. The quantitative estimate of drug-likeness (QED) is 0.815. The van der Waals surface area contributed by atoms with E-state index in [2.05, 4.69) is 33.4 Å². The Kier molecular flexibility index (Phi) is 5.18. The van der Waals surface area contributed by atoms with Crippen LogP contribution in [0.25, 0.3) is 0 Å². The number of rotatable bonds is 4. The molecule has 0 aliphatic rings. The lowest BCUT2D eigenvalue weighted by Crippen LogP contribution is -2.24. The Bertz CT molecular complexity index is 641. The van der Waals surface area contributed by atoms with Gasteiger partial charge in [-0.1, -0.05) is 57.9 Å². The number of aryl methyl sites for hydroxylation is 3. The lowest BCUT2D eigenvalue weighted by molar-refractivity contribution is 0.0949. The molecule has 21 heavy (non-hydrogen) atoms. The molecule has 0 unspecified atom stereocenters. The van der Waals surface area contributed by atoms with Crippen molar-refractivity contribution >= 4 is 21.8 Å². The summed E-state index contributed by atoms with van der Waals surface area (Å²) in [7, 11) is 0. The van der Waals surface area contributed by atoms with Gasteiger partial charge in [0, 0.05) is 17.4 Å². The molecule has 1 amide bonds. The van der Waals surface area contributed by atoms with Crippen LogP contribution >= 0.6 is 15.9 Å². The summed E-state index contributed by atoms with van der Waals surface area (Å²) in [6.07, 6.45) is 0. The zero-order valence-electron chi connectivity index (χ0n) is 12.7. The minimum atomic E-state index is -0.00533. The van der Waals surface area contributed by atoms with E-state index in [1.165, 1.54) is 11.1 Å². The highest BCUT2D eigenvalue weighted by Crippen LogP contribution is 2.16. The molecular formula is C18H20BrNO. The van der Waals surface area contributed by atoms with Crippen LogP contribution in [0, 0.1) is 20.8 Å². The summed E-state index contributed by atoms with van der Waals surface area (Å²) in [4.78, 5) is 12.4. The summed E-state index contributed by atoms with van der Waals surface area (Å²) >= 11 is 3.45. The monoisotopic (exact) mass is 345 g/mol. The van der Waals surface area contributed by atoms with Crippen LogP contribution < -0.4 is 5.32 Å². The Morgan fingerprint density at radius 1 is 1.05 bits per heavy atom.